The molecule has 1 saturated heterocycles. The van der Waals surface area contributed by atoms with Crippen molar-refractivity contribution in [1.82, 2.24) is 4.90 Å². The van der Waals surface area contributed by atoms with Gasteiger partial charge in [0.15, 0.2) is 0 Å². The van der Waals surface area contributed by atoms with Crippen LogP contribution in [0.3, 0.4) is 0 Å². The lowest BCUT2D eigenvalue weighted by Crippen LogP contribution is -2.59. The van der Waals surface area contributed by atoms with E-state index in [2.05, 4.69) is 32.6 Å². The fourth-order valence-corrected chi connectivity index (χ4v) is 3.89. The first-order valence-corrected chi connectivity index (χ1v) is 8.75. The Morgan fingerprint density at radius 3 is 2.12 bits per heavy atom. The minimum absolute atomic E-state index is 0.0355. The van der Waals surface area contributed by atoms with Crippen molar-refractivity contribution in [3.05, 3.63) is 28.8 Å². The molecule has 0 aromatic heterocycles. The first-order valence-electron chi connectivity index (χ1n) is 8.75. The average molecular weight is 333 g/mol. The first kappa shape index (κ1) is 18.8. The Balaban J connectivity index is 2.00. The lowest BCUT2D eigenvalue weighted by Gasteiger charge is -2.52. The van der Waals surface area contributed by atoms with Gasteiger partial charge in [-0.3, -0.25) is 9.69 Å². The Morgan fingerprint density at radius 2 is 1.62 bits per heavy atom. The van der Waals surface area contributed by atoms with Crippen LogP contribution in [0.1, 0.15) is 63.6 Å². The smallest absolute Gasteiger partial charge is 0.311 e. The van der Waals surface area contributed by atoms with Gasteiger partial charge in [-0.15, -0.1) is 0 Å². The van der Waals surface area contributed by atoms with Crippen LogP contribution in [0.2, 0.25) is 0 Å². The topological polar surface area (TPSA) is 49.8 Å². The van der Waals surface area contributed by atoms with E-state index in [0.717, 1.165) is 29.5 Å². The van der Waals surface area contributed by atoms with Crippen molar-refractivity contribution in [2.24, 2.45) is 0 Å². The molecule has 0 saturated carbocycles. The summed E-state index contributed by atoms with van der Waals surface area (Å²) >= 11 is 0. The molecule has 1 aliphatic rings. The molecule has 4 heteroatoms. The number of piperidine rings is 1. The van der Waals surface area contributed by atoms with Crippen LogP contribution < -0.4 is 0 Å². The third kappa shape index (κ3) is 4.10. The molecule has 1 fully saturated rings. The molecule has 1 aliphatic heterocycles. The molecule has 0 radical (unpaired) electrons. The number of ether oxygens (including phenoxy) is 1. The van der Waals surface area contributed by atoms with Gasteiger partial charge < -0.3 is 9.84 Å². The standard InChI is InChI=1S/C20H31NO3/c1-14-10-16(11-15(2)18(14)23)12-17(22)24-13-21-19(3,4)8-7-9-20(21,5)6/h10-11,23H,7-9,12-13H2,1-6H3. The van der Waals surface area contributed by atoms with Crippen LogP contribution in [-0.2, 0) is 16.0 Å². The second kappa shape index (κ2) is 6.75. The molecule has 0 amide bonds. The number of phenolic OH excluding ortho intramolecular Hbond substituents is 1. The number of esters is 1. The van der Waals surface area contributed by atoms with Crippen molar-refractivity contribution < 1.29 is 14.6 Å². The van der Waals surface area contributed by atoms with E-state index in [-0.39, 0.29) is 23.5 Å². The predicted octanol–water partition coefficient (Wildman–Crippen LogP) is 4.10. The van der Waals surface area contributed by atoms with Crippen LogP contribution in [0.5, 0.6) is 5.75 Å². The molecule has 0 spiro atoms. The molecule has 2 rings (SSSR count). The van der Waals surface area contributed by atoms with Crippen molar-refractivity contribution in [3.8, 4) is 5.75 Å². The molecule has 0 atom stereocenters. The van der Waals surface area contributed by atoms with E-state index in [4.69, 9.17) is 4.74 Å². The Labute approximate surface area is 145 Å². The SMILES string of the molecule is Cc1cc(CC(=O)OCN2C(C)(C)CCCC2(C)C)cc(C)c1O. The molecule has 1 heterocycles. The maximum Gasteiger partial charge on any atom is 0.311 e. The molecule has 1 aromatic carbocycles. The van der Waals surface area contributed by atoms with Gasteiger partial charge in [0.25, 0.3) is 0 Å². The molecular weight excluding hydrogens is 302 g/mol. The quantitative estimate of drug-likeness (QED) is 0.843. The molecule has 0 aliphatic carbocycles. The minimum Gasteiger partial charge on any atom is -0.507 e. The number of aryl methyl sites for hydroxylation is 2. The van der Waals surface area contributed by atoms with E-state index in [9.17, 15) is 9.90 Å². The highest BCUT2D eigenvalue weighted by atomic mass is 16.5. The van der Waals surface area contributed by atoms with Crippen molar-refractivity contribution in [2.45, 2.75) is 78.3 Å². The number of hydrogen-bond donors (Lipinski definition) is 1. The Bertz CT molecular complexity index is 580. The highest BCUT2D eigenvalue weighted by molar-refractivity contribution is 5.73. The summed E-state index contributed by atoms with van der Waals surface area (Å²) in [6, 6.07) is 3.69. The number of hydrogen-bond acceptors (Lipinski definition) is 4. The summed E-state index contributed by atoms with van der Waals surface area (Å²) in [4.78, 5) is 14.6. The Kier molecular flexibility index (Phi) is 5.28. The van der Waals surface area contributed by atoms with E-state index in [1.807, 2.05) is 26.0 Å². The zero-order valence-corrected chi connectivity index (χ0v) is 15.9. The van der Waals surface area contributed by atoms with Crippen LogP contribution in [0.25, 0.3) is 0 Å². The highest BCUT2D eigenvalue weighted by Crippen LogP contribution is 2.37. The van der Waals surface area contributed by atoms with Gasteiger partial charge in [-0.1, -0.05) is 12.1 Å². The molecule has 0 bridgehead atoms. The number of aromatic hydroxyl groups is 1. The van der Waals surface area contributed by atoms with Crippen LogP contribution >= 0.6 is 0 Å². The number of phenols is 1. The van der Waals surface area contributed by atoms with Gasteiger partial charge in [-0.05, 0) is 77.5 Å². The lowest BCUT2D eigenvalue weighted by molar-refractivity contribution is -0.159. The minimum atomic E-state index is -0.225. The van der Waals surface area contributed by atoms with Gasteiger partial charge in [0.1, 0.15) is 12.5 Å². The Hall–Kier alpha value is -1.55. The van der Waals surface area contributed by atoms with Gasteiger partial charge in [-0.2, -0.15) is 0 Å². The molecule has 4 nitrogen and oxygen atoms in total. The zero-order valence-electron chi connectivity index (χ0n) is 15.9. The van der Waals surface area contributed by atoms with Gasteiger partial charge in [0.05, 0.1) is 6.42 Å². The van der Waals surface area contributed by atoms with Crippen molar-refractivity contribution in [1.29, 1.82) is 0 Å². The molecule has 134 valence electrons. The summed E-state index contributed by atoms with van der Waals surface area (Å²) in [5, 5.41) is 9.83. The van der Waals surface area contributed by atoms with Crippen LogP contribution in [-0.4, -0.2) is 33.8 Å². The molecular formula is C20H31NO3. The van der Waals surface area contributed by atoms with Crippen LogP contribution in [0.4, 0.5) is 0 Å². The highest BCUT2D eigenvalue weighted by Gasteiger charge is 2.41. The van der Waals surface area contributed by atoms with Crippen molar-refractivity contribution in [2.75, 3.05) is 6.73 Å². The van der Waals surface area contributed by atoms with Crippen molar-refractivity contribution in [3.63, 3.8) is 0 Å². The largest absolute Gasteiger partial charge is 0.507 e. The number of benzene rings is 1. The summed E-state index contributed by atoms with van der Waals surface area (Å²) < 4.78 is 5.59. The normalized spacial score (nSPS) is 19.9. The summed E-state index contributed by atoms with van der Waals surface area (Å²) in [7, 11) is 0. The predicted molar refractivity (Wildman–Crippen MR) is 96.1 cm³/mol. The number of rotatable bonds is 4. The van der Waals surface area contributed by atoms with Gasteiger partial charge in [0, 0.05) is 11.1 Å². The molecule has 1 aromatic rings. The zero-order chi connectivity index (χ0) is 18.1. The number of carbonyl (C=O) groups is 1. The fraction of sp³-hybridized carbons (Fsp3) is 0.650. The third-order valence-corrected chi connectivity index (χ3v) is 5.29. The van der Waals surface area contributed by atoms with E-state index in [1.54, 1.807) is 0 Å². The maximum atomic E-state index is 12.3. The van der Waals surface area contributed by atoms with E-state index in [0.29, 0.717) is 12.5 Å². The number of carbonyl (C=O) groups excluding carboxylic acids is 1. The fourth-order valence-electron chi connectivity index (χ4n) is 3.89. The summed E-state index contributed by atoms with van der Waals surface area (Å²) in [6.45, 7) is 12.9. The molecule has 1 N–H and O–H groups in total. The van der Waals surface area contributed by atoms with Crippen molar-refractivity contribution >= 4 is 5.97 Å². The lowest BCUT2D eigenvalue weighted by atomic mass is 9.80. The monoisotopic (exact) mass is 333 g/mol. The number of nitrogens with zero attached hydrogens (tertiary/aromatic N) is 1. The summed E-state index contributed by atoms with van der Waals surface area (Å²) in [5.41, 5.74) is 2.53. The van der Waals surface area contributed by atoms with Crippen LogP contribution in [0.15, 0.2) is 12.1 Å². The van der Waals surface area contributed by atoms with E-state index < -0.39 is 0 Å². The summed E-state index contributed by atoms with van der Waals surface area (Å²) in [5.74, 6) is 0.0700. The second-order valence-corrected chi connectivity index (χ2v) is 8.31. The maximum absolute atomic E-state index is 12.3. The second-order valence-electron chi connectivity index (χ2n) is 8.31. The van der Waals surface area contributed by atoms with E-state index >= 15 is 0 Å². The number of likely N-dealkylation sites (tertiary alicyclic amines) is 1. The molecule has 0 unspecified atom stereocenters. The Morgan fingerprint density at radius 1 is 1.12 bits per heavy atom. The van der Waals surface area contributed by atoms with Gasteiger partial charge in [-0.25, -0.2) is 0 Å². The van der Waals surface area contributed by atoms with E-state index in [1.165, 1.54) is 6.42 Å². The first-order chi connectivity index (χ1) is 11.0. The van der Waals surface area contributed by atoms with Crippen LogP contribution in [0, 0.1) is 13.8 Å². The molecule has 24 heavy (non-hydrogen) atoms. The summed E-state index contributed by atoms with van der Waals surface area (Å²) in [6.07, 6.45) is 3.67. The average Bonchev–Trinajstić information content (AvgIpc) is 2.42. The van der Waals surface area contributed by atoms with Gasteiger partial charge in [0.2, 0.25) is 0 Å². The third-order valence-electron chi connectivity index (χ3n) is 5.29. The van der Waals surface area contributed by atoms with Gasteiger partial charge >= 0.3 is 5.97 Å².